The molecule has 1 amide bonds. The molecule has 1 aliphatic rings. The fourth-order valence-electron chi connectivity index (χ4n) is 2.51. The Morgan fingerprint density at radius 3 is 2.91 bits per heavy atom. The van der Waals surface area contributed by atoms with Crippen molar-refractivity contribution in [3.05, 3.63) is 35.1 Å². The molecule has 7 heteroatoms. The molecule has 1 N–H and O–H groups in total. The molecule has 2 aromatic heterocycles. The zero-order chi connectivity index (χ0) is 15.2. The average Bonchev–Trinajstić information content (AvgIpc) is 3.02. The minimum atomic E-state index is -0.202. The number of piperidine rings is 1. The first-order chi connectivity index (χ1) is 10.8. The Balaban J connectivity index is 1.51. The molecule has 6 nitrogen and oxygen atoms in total. The van der Waals surface area contributed by atoms with E-state index in [-0.39, 0.29) is 5.91 Å². The molecular weight excluding hydrogens is 298 g/mol. The molecule has 1 saturated heterocycles. The topological polar surface area (TPSA) is 71.0 Å². The summed E-state index contributed by atoms with van der Waals surface area (Å²) >= 11 is 1.44. The fourth-order valence-corrected chi connectivity index (χ4v) is 3.23. The van der Waals surface area contributed by atoms with Gasteiger partial charge in [0, 0.05) is 25.4 Å². The van der Waals surface area contributed by atoms with Crippen LogP contribution >= 0.6 is 11.3 Å². The lowest BCUT2D eigenvalue weighted by molar-refractivity contribution is 0.102. The van der Waals surface area contributed by atoms with Crippen molar-refractivity contribution in [3.63, 3.8) is 0 Å². The number of aromatic nitrogens is 3. The average molecular weight is 317 g/mol. The minimum absolute atomic E-state index is 0.202. The number of hydrogen-bond acceptors (Lipinski definition) is 6. The molecule has 0 saturated carbocycles. The van der Waals surface area contributed by atoms with Gasteiger partial charge in [-0.25, -0.2) is 0 Å². The van der Waals surface area contributed by atoms with Gasteiger partial charge in [0.1, 0.15) is 5.01 Å². The summed E-state index contributed by atoms with van der Waals surface area (Å²) < 4.78 is 0. The van der Waals surface area contributed by atoms with Crippen molar-refractivity contribution in [2.24, 2.45) is 0 Å². The van der Waals surface area contributed by atoms with Crippen molar-refractivity contribution in [2.75, 3.05) is 25.0 Å². The summed E-state index contributed by atoms with van der Waals surface area (Å²) in [7, 11) is 0. The first-order valence-corrected chi connectivity index (χ1v) is 8.39. The van der Waals surface area contributed by atoms with Gasteiger partial charge >= 0.3 is 0 Å². The third-order valence-corrected chi connectivity index (χ3v) is 4.60. The molecule has 0 spiro atoms. The van der Waals surface area contributed by atoms with Crippen molar-refractivity contribution < 1.29 is 4.79 Å². The second kappa shape index (κ2) is 7.42. The number of carbonyl (C=O) groups is 1. The van der Waals surface area contributed by atoms with Gasteiger partial charge in [-0.15, -0.1) is 10.2 Å². The number of likely N-dealkylation sites (tertiary alicyclic amines) is 1. The maximum Gasteiger partial charge on any atom is 0.259 e. The summed E-state index contributed by atoms with van der Waals surface area (Å²) in [6.45, 7) is 3.39. The van der Waals surface area contributed by atoms with Crippen molar-refractivity contribution >= 4 is 22.4 Å². The van der Waals surface area contributed by atoms with Crippen LogP contribution in [0.4, 0.5) is 5.13 Å². The lowest BCUT2D eigenvalue weighted by Crippen LogP contribution is -2.31. The van der Waals surface area contributed by atoms with E-state index in [1.54, 1.807) is 18.3 Å². The molecule has 0 bridgehead atoms. The molecule has 0 aliphatic carbocycles. The highest BCUT2D eigenvalue weighted by Gasteiger charge is 2.13. The van der Waals surface area contributed by atoms with Crippen LogP contribution in [-0.2, 0) is 6.42 Å². The minimum Gasteiger partial charge on any atom is -0.303 e. The van der Waals surface area contributed by atoms with Gasteiger partial charge in [0.05, 0.1) is 5.56 Å². The van der Waals surface area contributed by atoms with Crippen LogP contribution in [0, 0.1) is 0 Å². The van der Waals surface area contributed by atoms with Gasteiger partial charge < -0.3 is 4.90 Å². The summed E-state index contributed by atoms with van der Waals surface area (Å²) in [5.74, 6) is -0.202. The normalized spacial score (nSPS) is 15.6. The summed E-state index contributed by atoms with van der Waals surface area (Å²) in [4.78, 5) is 18.4. The Kier molecular flexibility index (Phi) is 5.07. The third kappa shape index (κ3) is 4.08. The molecule has 0 aromatic carbocycles. The molecule has 3 heterocycles. The zero-order valence-electron chi connectivity index (χ0n) is 12.4. The highest BCUT2D eigenvalue weighted by molar-refractivity contribution is 7.15. The monoisotopic (exact) mass is 317 g/mol. The molecule has 2 aromatic rings. The maximum absolute atomic E-state index is 12.0. The van der Waals surface area contributed by atoms with Gasteiger partial charge in [-0.05, 0) is 38.1 Å². The lowest BCUT2D eigenvalue weighted by atomic mass is 10.1. The first-order valence-electron chi connectivity index (χ1n) is 7.57. The van der Waals surface area contributed by atoms with E-state index in [4.69, 9.17) is 0 Å². The van der Waals surface area contributed by atoms with Gasteiger partial charge in [-0.1, -0.05) is 17.8 Å². The molecule has 1 aliphatic heterocycles. The van der Waals surface area contributed by atoms with Crippen molar-refractivity contribution in [2.45, 2.75) is 25.7 Å². The molecule has 3 rings (SSSR count). The fraction of sp³-hybridized carbons (Fsp3) is 0.467. The van der Waals surface area contributed by atoms with Gasteiger partial charge in [0.2, 0.25) is 5.13 Å². The second-order valence-corrected chi connectivity index (χ2v) is 6.41. The first kappa shape index (κ1) is 15.1. The predicted molar refractivity (Wildman–Crippen MR) is 86.1 cm³/mol. The molecule has 116 valence electrons. The van der Waals surface area contributed by atoms with E-state index in [1.807, 2.05) is 0 Å². The van der Waals surface area contributed by atoms with Crippen LogP contribution in [0.15, 0.2) is 24.5 Å². The van der Waals surface area contributed by atoms with Crippen molar-refractivity contribution in [1.29, 1.82) is 0 Å². The highest BCUT2D eigenvalue weighted by atomic mass is 32.1. The van der Waals surface area contributed by atoms with E-state index in [0.717, 1.165) is 18.0 Å². The number of pyridine rings is 1. The smallest absolute Gasteiger partial charge is 0.259 e. The van der Waals surface area contributed by atoms with E-state index in [0.29, 0.717) is 10.7 Å². The summed E-state index contributed by atoms with van der Waals surface area (Å²) in [6, 6.07) is 3.46. The van der Waals surface area contributed by atoms with E-state index in [2.05, 4.69) is 25.4 Å². The predicted octanol–water partition coefficient (Wildman–Crippen LogP) is 2.21. The summed E-state index contributed by atoms with van der Waals surface area (Å²) in [5.41, 5.74) is 0.521. The van der Waals surface area contributed by atoms with Crippen LogP contribution in [0.2, 0.25) is 0 Å². The number of rotatable bonds is 5. The number of anilines is 1. The van der Waals surface area contributed by atoms with E-state index >= 15 is 0 Å². The standard InChI is InChI=1S/C15H19N5OS/c21-14(12-5-4-7-16-11-12)17-15-19-18-13(22-15)6-10-20-8-2-1-3-9-20/h4-5,7,11H,1-3,6,8-10H2,(H,17,19,21). The summed E-state index contributed by atoms with van der Waals surface area (Å²) in [6.07, 6.45) is 8.00. The van der Waals surface area contributed by atoms with Crippen LogP contribution in [0.1, 0.15) is 34.6 Å². The Labute approximate surface area is 133 Å². The van der Waals surface area contributed by atoms with Gasteiger partial charge in [0.15, 0.2) is 0 Å². The highest BCUT2D eigenvalue weighted by Crippen LogP contribution is 2.17. The number of carbonyl (C=O) groups excluding carboxylic acids is 1. The second-order valence-electron chi connectivity index (χ2n) is 5.35. The van der Waals surface area contributed by atoms with Gasteiger partial charge in [0.25, 0.3) is 5.91 Å². The summed E-state index contributed by atoms with van der Waals surface area (Å²) in [5, 5.41) is 12.5. The van der Waals surface area contributed by atoms with Crippen LogP contribution in [0.3, 0.4) is 0 Å². The number of amides is 1. The Morgan fingerprint density at radius 2 is 2.14 bits per heavy atom. The van der Waals surface area contributed by atoms with Crippen molar-refractivity contribution in [1.82, 2.24) is 20.1 Å². The SMILES string of the molecule is O=C(Nc1nnc(CCN2CCCCC2)s1)c1cccnc1. The van der Waals surface area contributed by atoms with Gasteiger partial charge in [-0.2, -0.15) is 0 Å². The van der Waals surface area contributed by atoms with Crippen molar-refractivity contribution in [3.8, 4) is 0 Å². The third-order valence-electron chi connectivity index (χ3n) is 3.70. The van der Waals surface area contributed by atoms with Gasteiger partial charge in [-0.3, -0.25) is 15.1 Å². The molecule has 0 atom stereocenters. The zero-order valence-corrected chi connectivity index (χ0v) is 13.2. The molecule has 22 heavy (non-hydrogen) atoms. The van der Waals surface area contributed by atoms with Crippen LogP contribution in [-0.4, -0.2) is 45.6 Å². The number of nitrogens with zero attached hydrogens (tertiary/aromatic N) is 4. The van der Waals surface area contributed by atoms with E-state index in [1.165, 1.54) is 49.9 Å². The molecule has 1 fully saturated rings. The van der Waals surface area contributed by atoms with E-state index < -0.39 is 0 Å². The number of hydrogen-bond donors (Lipinski definition) is 1. The van der Waals surface area contributed by atoms with Crippen LogP contribution in [0.25, 0.3) is 0 Å². The van der Waals surface area contributed by atoms with Crippen LogP contribution in [0.5, 0.6) is 0 Å². The van der Waals surface area contributed by atoms with E-state index in [9.17, 15) is 4.79 Å². The molecule has 0 radical (unpaired) electrons. The number of nitrogens with one attached hydrogen (secondary N) is 1. The largest absolute Gasteiger partial charge is 0.303 e. The quantitative estimate of drug-likeness (QED) is 0.915. The Morgan fingerprint density at radius 1 is 1.27 bits per heavy atom. The maximum atomic E-state index is 12.0. The molecular formula is C15H19N5OS. The Hall–Kier alpha value is -1.86. The van der Waals surface area contributed by atoms with Crippen LogP contribution < -0.4 is 5.32 Å². The lowest BCUT2D eigenvalue weighted by Gasteiger charge is -2.25. The molecule has 0 unspecified atom stereocenters. The Bertz CT molecular complexity index is 609.